The monoisotopic (exact) mass is 362 g/mol. The number of esters is 1. The molecule has 0 saturated carbocycles. The molecule has 0 aromatic heterocycles. The lowest BCUT2D eigenvalue weighted by atomic mass is 9.98. The first-order valence-electron chi connectivity index (χ1n) is 6.96. The summed E-state index contributed by atoms with van der Waals surface area (Å²) >= 11 is 3.44. The van der Waals surface area contributed by atoms with Crippen molar-refractivity contribution >= 4 is 32.0 Å². The van der Waals surface area contributed by atoms with Crippen molar-refractivity contribution in [2.24, 2.45) is 0 Å². The molecule has 22 heavy (non-hydrogen) atoms. The summed E-state index contributed by atoms with van der Waals surface area (Å²) in [6.07, 6.45) is -1.85. The predicted octanol–water partition coefficient (Wildman–Crippen LogP) is 4.85. The molecule has 1 unspecified atom stereocenters. The highest BCUT2D eigenvalue weighted by molar-refractivity contribution is 9.15. The number of halogens is 2. The Labute approximate surface area is 137 Å². The topological polar surface area (TPSA) is 26.3 Å². The molecule has 0 N–H and O–H groups in total. The lowest BCUT2D eigenvalue weighted by Crippen LogP contribution is -2.21. The predicted molar refractivity (Wildman–Crippen MR) is 90.2 cm³/mol. The Morgan fingerprint density at radius 3 is 2.05 bits per heavy atom. The molecule has 2 aromatic carbocycles. The first-order valence-corrected chi connectivity index (χ1v) is 7.75. The molecule has 0 bridgehead atoms. The van der Waals surface area contributed by atoms with Crippen LogP contribution in [-0.4, -0.2) is 18.7 Å². The molecule has 0 spiro atoms. The molecule has 0 saturated heterocycles. The summed E-state index contributed by atoms with van der Waals surface area (Å²) in [5, 5.41) is 0. The highest BCUT2D eigenvalue weighted by atomic mass is 79.9. The summed E-state index contributed by atoms with van der Waals surface area (Å²) in [4.78, 5) is 11.8. The maximum atomic E-state index is 14.7. The van der Waals surface area contributed by atoms with E-state index in [-0.39, 0.29) is 12.2 Å². The van der Waals surface area contributed by atoms with Crippen molar-refractivity contribution in [3.8, 4) is 0 Å². The fourth-order valence-electron chi connectivity index (χ4n) is 2.08. The van der Waals surface area contributed by atoms with E-state index in [0.29, 0.717) is 10.0 Å². The Morgan fingerprint density at radius 2 is 1.55 bits per heavy atom. The summed E-state index contributed by atoms with van der Waals surface area (Å²) in [7, 11) is 0. The van der Waals surface area contributed by atoms with Gasteiger partial charge in [0.1, 0.15) is 0 Å². The molecular weight excluding hydrogens is 347 g/mol. The molecule has 2 rings (SSSR count). The summed E-state index contributed by atoms with van der Waals surface area (Å²) < 4.78 is 20.1. The second kappa shape index (κ2) is 7.90. The Morgan fingerprint density at radius 1 is 1.05 bits per heavy atom. The minimum absolute atomic E-state index is 0.143. The zero-order valence-electron chi connectivity index (χ0n) is 12.1. The number of rotatable bonds is 5. The van der Waals surface area contributed by atoms with E-state index < -0.39 is 12.1 Å². The third-order valence-electron chi connectivity index (χ3n) is 3.10. The van der Waals surface area contributed by atoms with E-state index in [2.05, 4.69) is 15.9 Å². The van der Waals surface area contributed by atoms with Crippen LogP contribution in [-0.2, 0) is 9.53 Å². The molecule has 0 heterocycles. The molecule has 2 nitrogen and oxygen atoms in total. The standard InChI is InChI=1S/C18H16BrFO2/c1-2-22-18(21)17(20)15(13-9-5-3-6-10-13)16(19)14-11-7-4-8-12-14/h3-12,17H,2H2,1H3. The van der Waals surface area contributed by atoms with E-state index in [1.54, 1.807) is 31.2 Å². The van der Waals surface area contributed by atoms with Gasteiger partial charge in [0.05, 0.1) is 6.61 Å². The van der Waals surface area contributed by atoms with Crippen LogP contribution in [0.15, 0.2) is 60.7 Å². The number of carbonyl (C=O) groups is 1. The van der Waals surface area contributed by atoms with Gasteiger partial charge in [0.2, 0.25) is 6.17 Å². The Bertz CT molecular complexity index is 653. The molecule has 1 atom stereocenters. The second-order valence-electron chi connectivity index (χ2n) is 4.57. The van der Waals surface area contributed by atoms with Crippen LogP contribution in [0.25, 0.3) is 10.1 Å². The largest absolute Gasteiger partial charge is 0.464 e. The highest BCUT2D eigenvalue weighted by Gasteiger charge is 2.27. The lowest BCUT2D eigenvalue weighted by molar-refractivity contribution is -0.146. The van der Waals surface area contributed by atoms with Crippen LogP contribution in [0.5, 0.6) is 0 Å². The summed E-state index contributed by atoms with van der Waals surface area (Å²) in [6, 6.07) is 18.3. The zero-order chi connectivity index (χ0) is 15.9. The van der Waals surface area contributed by atoms with Gasteiger partial charge in [-0.3, -0.25) is 0 Å². The van der Waals surface area contributed by atoms with Crippen LogP contribution in [0.3, 0.4) is 0 Å². The number of benzene rings is 2. The smallest absolute Gasteiger partial charge is 0.345 e. The molecule has 0 aliphatic carbocycles. The molecule has 0 radical (unpaired) electrons. The number of ether oxygens (including phenoxy) is 1. The van der Waals surface area contributed by atoms with Crippen molar-refractivity contribution in [1.82, 2.24) is 0 Å². The molecule has 4 heteroatoms. The minimum Gasteiger partial charge on any atom is -0.464 e. The van der Waals surface area contributed by atoms with E-state index >= 15 is 0 Å². The van der Waals surface area contributed by atoms with Gasteiger partial charge in [0.15, 0.2) is 0 Å². The number of hydrogen-bond acceptors (Lipinski definition) is 2. The van der Waals surface area contributed by atoms with E-state index in [9.17, 15) is 9.18 Å². The zero-order valence-corrected chi connectivity index (χ0v) is 13.7. The van der Waals surface area contributed by atoms with Gasteiger partial charge in [-0.2, -0.15) is 0 Å². The maximum absolute atomic E-state index is 14.7. The summed E-state index contributed by atoms with van der Waals surface area (Å²) in [5.41, 5.74) is 1.71. The number of alkyl halides is 1. The average molecular weight is 363 g/mol. The Balaban J connectivity index is 2.53. The maximum Gasteiger partial charge on any atom is 0.345 e. The van der Waals surface area contributed by atoms with Gasteiger partial charge in [-0.1, -0.05) is 60.7 Å². The fourth-order valence-corrected chi connectivity index (χ4v) is 2.77. The van der Waals surface area contributed by atoms with Gasteiger partial charge in [-0.05, 0) is 34.0 Å². The quantitative estimate of drug-likeness (QED) is 0.561. The van der Waals surface area contributed by atoms with E-state index in [1.807, 2.05) is 36.4 Å². The first kappa shape index (κ1) is 16.4. The van der Waals surface area contributed by atoms with Crippen LogP contribution >= 0.6 is 15.9 Å². The van der Waals surface area contributed by atoms with Crippen LogP contribution in [0.2, 0.25) is 0 Å². The second-order valence-corrected chi connectivity index (χ2v) is 5.37. The Kier molecular flexibility index (Phi) is 5.90. The van der Waals surface area contributed by atoms with Crippen LogP contribution in [0.1, 0.15) is 18.1 Å². The van der Waals surface area contributed by atoms with Crippen molar-refractivity contribution in [1.29, 1.82) is 0 Å². The third kappa shape index (κ3) is 3.83. The molecule has 0 fully saturated rings. The van der Waals surface area contributed by atoms with Crippen LogP contribution in [0.4, 0.5) is 4.39 Å². The SMILES string of the molecule is CCOC(=O)C(F)C(=C(Br)c1ccccc1)c1ccccc1. The van der Waals surface area contributed by atoms with Crippen molar-refractivity contribution in [3.05, 3.63) is 71.8 Å². The lowest BCUT2D eigenvalue weighted by Gasteiger charge is -2.15. The van der Waals surface area contributed by atoms with E-state index in [1.165, 1.54) is 0 Å². The van der Waals surface area contributed by atoms with Crippen LogP contribution < -0.4 is 0 Å². The summed E-state index contributed by atoms with van der Waals surface area (Å²) in [6.45, 7) is 1.80. The Hall–Kier alpha value is -1.94. The van der Waals surface area contributed by atoms with Gasteiger partial charge in [-0.15, -0.1) is 0 Å². The summed E-state index contributed by atoms with van der Waals surface area (Å²) in [5.74, 6) is -0.880. The van der Waals surface area contributed by atoms with Crippen molar-refractivity contribution in [2.75, 3.05) is 6.61 Å². The third-order valence-corrected chi connectivity index (χ3v) is 3.98. The van der Waals surface area contributed by atoms with Crippen molar-refractivity contribution < 1.29 is 13.9 Å². The highest BCUT2D eigenvalue weighted by Crippen LogP contribution is 2.35. The van der Waals surface area contributed by atoms with Gasteiger partial charge in [-0.25, -0.2) is 9.18 Å². The van der Waals surface area contributed by atoms with Gasteiger partial charge < -0.3 is 4.74 Å². The van der Waals surface area contributed by atoms with Gasteiger partial charge in [0, 0.05) is 10.1 Å². The normalized spacial score (nSPS) is 13.2. The molecule has 0 aliphatic heterocycles. The fraction of sp³-hybridized carbons (Fsp3) is 0.167. The average Bonchev–Trinajstić information content (AvgIpc) is 2.57. The number of carbonyl (C=O) groups excluding carboxylic acids is 1. The minimum atomic E-state index is -1.85. The van der Waals surface area contributed by atoms with Gasteiger partial charge >= 0.3 is 5.97 Å². The molecule has 2 aromatic rings. The van der Waals surface area contributed by atoms with E-state index in [0.717, 1.165) is 5.56 Å². The number of hydrogen-bond donors (Lipinski definition) is 0. The molecular formula is C18H16BrFO2. The van der Waals surface area contributed by atoms with Crippen molar-refractivity contribution in [3.63, 3.8) is 0 Å². The molecule has 114 valence electrons. The molecule has 0 amide bonds. The van der Waals surface area contributed by atoms with Gasteiger partial charge in [0.25, 0.3) is 0 Å². The van der Waals surface area contributed by atoms with E-state index in [4.69, 9.17) is 4.74 Å². The molecule has 0 aliphatic rings. The first-order chi connectivity index (χ1) is 10.6. The van der Waals surface area contributed by atoms with Crippen molar-refractivity contribution in [2.45, 2.75) is 13.1 Å². The van der Waals surface area contributed by atoms with Crippen LogP contribution in [0, 0.1) is 0 Å².